The molecule has 0 spiro atoms. The monoisotopic (exact) mass is 371 g/mol. The number of carbonyl (C=O) groups is 1. The molecule has 1 amide bonds. The topological polar surface area (TPSA) is 46.1 Å². The van der Waals surface area contributed by atoms with Gasteiger partial charge >= 0.3 is 0 Å². The molecule has 1 aliphatic rings. The van der Waals surface area contributed by atoms with Crippen LogP contribution in [0.4, 0.5) is 5.13 Å². The van der Waals surface area contributed by atoms with Gasteiger partial charge in [0.15, 0.2) is 5.13 Å². The van der Waals surface area contributed by atoms with Gasteiger partial charge in [-0.05, 0) is 43.2 Å². The molecule has 1 fully saturated rings. The minimum atomic E-state index is 0.0966. The first-order valence-electron chi connectivity index (χ1n) is 8.48. The van der Waals surface area contributed by atoms with E-state index in [0.29, 0.717) is 11.6 Å². The van der Waals surface area contributed by atoms with Crippen molar-refractivity contribution in [2.75, 3.05) is 4.90 Å². The molecular weight excluding hydrogens is 354 g/mol. The van der Waals surface area contributed by atoms with E-state index in [9.17, 15) is 4.79 Å². The lowest BCUT2D eigenvalue weighted by Crippen LogP contribution is -2.35. The minimum absolute atomic E-state index is 0.0966. The van der Waals surface area contributed by atoms with Gasteiger partial charge < -0.3 is 0 Å². The van der Waals surface area contributed by atoms with Gasteiger partial charge in [-0.15, -0.1) is 0 Å². The van der Waals surface area contributed by atoms with Crippen molar-refractivity contribution in [3.8, 4) is 0 Å². The van der Waals surface area contributed by atoms with Crippen molar-refractivity contribution < 1.29 is 4.79 Å². The van der Waals surface area contributed by atoms with Gasteiger partial charge in [-0.2, -0.15) is 0 Å². The van der Waals surface area contributed by atoms with Gasteiger partial charge in [-0.3, -0.25) is 14.7 Å². The summed E-state index contributed by atoms with van der Waals surface area (Å²) in [5.41, 5.74) is 1.74. The molecule has 1 aromatic carbocycles. The predicted molar refractivity (Wildman–Crippen MR) is 102 cm³/mol. The van der Waals surface area contributed by atoms with Crippen LogP contribution in [0.3, 0.4) is 0 Å². The summed E-state index contributed by atoms with van der Waals surface area (Å²) in [5.74, 6) is 0.257. The zero-order chi connectivity index (χ0) is 17.2. The van der Waals surface area contributed by atoms with Gasteiger partial charge in [0.05, 0.1) is 22.5 Å². The molecular formula is C19H18ClN3OS. The summed E-state index contributed by atoms with van der Waals surface area (Å²) in [5, 5.41) is 1.40. The summed E-state index contributed by atoms with van der Waals surface area (Å²) in [6.07, 6.45) is 5.95. The third-order valence-corrected chi connectivity index (χ3v) is 5.86. The van der Waals surface area contributed by atoms with Crippen LogP contribution >= 0.6 is 22.9 Å². The van der Waals surface area contributed by atoms with Crippen molar-refractivity contribution in [2.24, 2.45) is 5.92 Å². The average Bonchev–Trinajstić information content (AvgIpc) is 3.29. The Bertz CT molecular complexity index is 890. The Morgan fingerprint density at radius 1 is 1.24 bits per heavy atom. The third-order valence-electron chi connectivity index (χ3n) is 4.59. The number of thiazole rings is 1. The van der Waals surface area contributed by atoms with E-state index >= 15 is 0 Å². The van der Waals surface area contributed by atoms with Gasteiger partial charge in [0.25, 0.3) is 0 Å². The lowest BCUT2D eigenvalue weighted by atomic mass is 10.1. The average molecular weight is 372 g/mol. The Morgan fingerprint density at radius 3 is 2.84 bits per heavy atom. The number of carbonyl (C=O) groups excluding carboxylic acids is 1. The molecule has 0 bridgehead atoms. The van der Waals surface area contributed by atoms with Gasteiger partial charge in [0.2, 0.25) is 5.91 Å². The van der Waals surface area contributed by atoms with E-state index in [1.165, 1.54) is 11.3 Å². The van der Waals surface area contributed by atoms with Crippen molar-refractivity contribution in [1.29, 1.82) is 0 Å². The van der Waals surface area contributed by atoms with Gasteiger partial charge in [-0.25, -0.2) is 4.98 Å². The zero-order valence-corrected chi connectivity index (χ0v) is 15.3. The Balaban J connectivity index is 1.71. The Labute approximate surface area is 155 Å². The summed E-state index contributed by atoms with van der Waals surface area (Å²) in [6, 6.07) is 11.4. The highest BCUT2D eigenvalue weighted by Gasteiger charge is 2.30. The molecule has 0 atom stereocenters. The quantitative estimate of drug-likeness (QED) is 0.643. The fourth-order valence-corrected chi connectivity index (χ4v) is 4.53. The van der Waals surface area contributed by atoms with Gasteiger partial charge in [0, 0.05) is 17.1 Å². The number of hydrogen-bond donors (Lipinski definition) is 0. The Kier molecular flexibility index (Phi) is 4.68. The molecule has 1 saturated carbocycles. The van der Waals surface area contributed by atoms with Gasteiger partial charge in [0.1, 0.15) is 0 Å². The highest BCUT2D eigenvalue weighted by atomic mass is 35.5. The number of anilines is 1. The number of benzene rings is 1. The van der Waals surface area contributed by atoms with Crippen LogP contribution in [0.5, 0.6) is 0 Å². The van der Waals surface area contributed by atoms with Crippen LogP contribution in [0, 0.1) is 5.92 Å². The van der Waals surface area contributed by atoms with Crippen LogP contribution in [0.15, 0.2) is 42.6 Å². The highest BCUT2D eigenvalue weighted by Crippen LogP contribution is 2.34. The standard InChI is InChI=1S/C19H18ClN3OS/c20-14-8-9-16-17(11-14)25-19(22-16)23(12-15-7-3-4-10-21-15)18(24)13-5-1-2-6-13/h3-4,7-11,13H,1-2,5-6,12H2. The van der Waals surface area contributed by atoms with Crippen LogP contribution in [0.2, 0.25) is 5.02 Å². The predicted octanol–water partition coefficient (Wildman–Crippen LogP) is 5.07. The number of aromatic nitrogens is 2. The van der Waals surface area contributed by atoms with Crippen molar-refractivity contribution in [3.05, 3.63) is 53.3 Å². The number of hydrogen-bond acceptors (Lipinski definition) is 4. The maximum atomic E-state index is 13.1. The molecule has 4 rings (SSSR count). The Hall–Kier alpha value is -1.98. The second-order valence-electron chi connectivity index (χ2n) is 6.34. The first kappa shape index (κ1) is 16.5. The van der Waals surface area contributed by atoms with Crippen LogP contribution in [0.25, 0.3) is 10.2 Å². The summed E-state index contributed by atoms with van der Waals surface area (Å²) in [4.78, 5) is 24.0. The van der Waals surface area contributed by atoms with E-state index in [4.69, 9.17) is 11.6 Å². The maximum absolute atomic E-state index is 13.1. The summed E-state index contributed by atoms with van der Waals surface area (Å²) < 4.78 is 0.993. The summed E-state index contributed by atoms with van der Waals surface area (Å²) in [7, 11) is 0. The molecule has 0 saturated heterocycles. The van der Waals surface area contributed by atoms with Crippen molar-refractivity contribution in [3.63, 3.8) is 0 Å². The van der Waals surface area contributed by atoms with Crippen molar-refractivity contribution in [1.82, 2.24) is 9.97 Å². The smallest absolute Gasteiger partial charge is 0.232 e. The number of amides is 1. The second kappa shape index (κ2) is 7.10. The van der Waals surface area contributed by atoms with E-state index < -0.39 is 0 Å². The van der Waals surface area contributed by atoms with Gasteiger partial charge in [-0.1, -0.05) is 41.8 Å². The summed E-state index contributed by atoms with van der Waals surface area (Å²) in [6.45, 7) is 0.448. The lowest BCUT2D eigenvalue weighted by Gasteiger charge is -2.22. The Morgan fingerprint density at radius 2 is 2.08 bits per heavy atom. The molecule has 0 N–H and O–H groups in total. The SMILES string of the molecule is O=C(C1CCCC1)N(Cc1ccccn1)c1nc2ccc(Cl)cc2s1. The molecule has 25 heavy (non-hydrogen) atoms. The molecule has 3 aromatic rings. The molecule has 0 unspecified atom stereocenters. The van der Waals surface area contributed by atoms with Crippen molar-refractivity contribution in [2.45, 2.75) is 32.2 Å². The fraction of sp³-hybridized carbons (Fsp3) is 0.316. The van der Waals surface area contributed by atoms with Crippen molar-refractivity contribution >= 4 is 44.2 Å². The normalized spacial score (nSPS) is 14.9. The molecule has 2 heterocycles. The number of fused-ring (bicyclic) bond motifs is 1. The van der Waals surface area contributed by atoms with E-state index in [1.807, 2.05) is 36.4 Å². The fourth-order valence-electron chi connectivity index (χ4n) is 3.29. The minimum Gasteiger partial charge on any atom is -0.282 e. The van der Waals surface area contributed by atoms with E-state index in [2.05, 4.69) is 9.97 Å². The van der Waals surface area contributed by atoms with E-state index in [0.717, 1.165) is 46.7 Å². The highest BCUT2D eigenvalue weighted by molar-refractivity contribution is 7.22. The van der Waals surface area contributed by atoms with E-state index in [-0.39, 0.29) is 11.8 Å². The first-order chi connectivity index (χ1) is 12.2. The largest absolute Gasteiger partial charge is 0.282 e. The van der Waals surface area contributed by atoms with Crippen LogP contribution in [-0.4, -0.2) is 15.9 Å². The third kappa shape index (κ3) is 3.53. The number of halogens is 1. The van der Waals surface area contributed by atoms with Crippen LogP contribution in [0.1, 0.15) is 31.4 Å². The molecule has 6 heteroatoms. The number of rotatable bonds is 4. The molecule has 0 radical (unpaired) electrons. The number of pyridine rings is 1. The lowest BCUT2D eigenvalue weighted by molar-refractivity contribution is -0.122. The molecule has 2 aromatic heterocycles. The van der Waals surface area contributed by atoms with Crippen LogP contribution < -0.4 is 4.90 Å². The molecule has 4 nitrogen and oxygen atoms in total. The molecule has 0 aliphatic heterocycles. The zero-order valence-electron chi connectivity index (χ0n) is 13.7. The molecule has 128 valence electrons. The van der Waals surface area contributed by atoms with Crippen LogP contribution in [-0.2, 0) is 11.3 Å². The van der Waals surface area contributed by atoms with E-state index in [1.54, 1.807) is 11.1 Å². The first-order valence-corrected chi connectivity index (χ1v) is 9.67. The maximum Gasteiger partial charge on any atom is 0.232 e. The second-order valence-corrected chi connectivity index (χ2v) is 7.78. The summed E-state index contributed by atoms with van der Waals surface area (Å²) >= 11 is 7.60. The molecule has 1 aliphatic carbocycles. The number of nitrogens with zero attached hydrogens (tertiary/aromatic N) is 3.